The van der Waals surface area contributed by atoms with Crippen LogP contribution in [0.15, 0.2) is 22.6 Å². The zero-order valence-electron chi connectivity index (χ0n) is 17.7. The second-order valence-corrected chi connectivity index (χ2v) is 10.1. The van der Waals surface area contributed by atoms with E-state index in [1.165, 1.54) is 17.0 Å². The number of hydrogen-bond acceptors (Lipinski definition) is 5. The van der Waals surface area contributed by atoms with E-state index in [-0.39, 0.29) is 49.5 Å². The van der Waals surface area contributed by atoms with Crippen LogP contribution >= 0.6 is 0 Å². The summed E-state index contributed by atoms with van der Waals surface area (Å²) in [4.78, 5) is 14.2. The van der Waals surface area contributed by atoms with Gasteiger partial charge in [0, 0.05) is 12.1 Å². The van der Waals surface area contributed by atoms with Crippen LogP contribution in [0.4, 0.5) is 17.6 Å². The molecule has 1 saturated heterocycles. The first-order valence-corrected chi connectivity index (χ1v) is 12.2. The van der Waals surface area contributed by atoms with Crippen molar-refractivity contribution in [3.63, 3.8) is 0 Å². The number of fused-ring (bicyclic) bond motifs is 5. The van der Waals surface area contributed by atoms with Gasteiger partial charge in [0.2, 0.25) is 0 Å². The van der Waals surface area contributed by atoms with Gasteiger partial charge in [-0.15, -0.1) is 0 Å². The fraction of sp³-hybridized carbons (Fsp3) is 0.619. The Morgan fingerprint density at radius 3 is 2.55 bits per heavy atom. The highest BCUT2D eigenvalue weighted by atomic mass is 32.2. The smallest absolute Gasteiger partial charge is 0.483 e. The molecule has 1 aromatic rings. The first-order valence-electron chi connectivity index (χ1n) is 10.8. The molecule has 12 heteroatoms. The van der Waals surface area contributed by atoms with Gasteiger partial charge in [0.15, 0.2) is 6.61 Å². The van der Waals surface area contributed by atoms with E-state index in [1.54, 1.807) is 6.07 Å². The van der Waals surface area contributed by atoms with Crippen molar-refractivity contribution in [3.05, 3.63) is 29.6 Å². The first-order chi connectivity index (χ1) is 15.6. The maximum Gasteiger partial charge on any atom is 0.518 e. The summed E-state index contributed by atoms with van der Waals surface area (Å²) in [6.07, 6.45) is 2.41. The zero-order chi connectivity index (χ0) is 23.8. The van der Waals surface area contributed by atoms with Gasteiger partial charge in [-0.2, -0.15) is 26.0 Å². The lowest BCUT2D eigenvalue weighted by Gasteiger charge is -2.37. The highest BCUT2D eigenvalue weighted by Crippen LogP contribution is 2.40. The van der Waals surface area contributed by atoms with Crippen LogP contribution in [0.1, 0.15) is 50.0 Å². The number of piperidine rings is 1. The molecule has 182 valence electrons. The quantitative estimate of drug-likeness (QED) is 0.560. The lowest BCUT2D eigenvalue weighted by Crippen LogP contribution is -2.53. The van der Waals surface area contributed by atoms with E-state index < -0.39 is 39.9 Å². The van der Waals surface area contributed by atoms with Crippen molar-refractivity contribution < 1.29 is 40.2 Å². The Bertz CT molecular complexity index is 1040. The molecule has 1 saturated carbocycles. The van der Waals surface area contributed by atoms with Gasteiger partial charge < -0.3 is 14.4 Å². The van der Waals surface area contributed by atoms with Gasteiger partial charge in [-0.3, -0.25) is 4.79 Å². The Hall–Kier alpha value is -2.21. The van der Waals surface area contributed by atoms with E-state index in [9.17, 15) is 30.8 Å². The highest BCUT2D eigenvalue weighted by Gasteiger charge is 2.47. The van der Waals surface area contributed by atoms with E-state index in [0.29, 0.717) is 31.2 Å². The summed E-state index contributed by atoms with van der Waals surface area (Å²) in [7, 11) is -5.76. The molecule has 3 aliphatic heterocycles. The van der Waals surface area contributed by atoms with Gasteiger partial charge in [0.25, 0.3) is 5.91 Å². The third-order valence-corrected chi connectivity index (χ3v) is 7.44. The minimum atomic E-state index is -5.76. The summed E-state index contributed by atoms with van der Waals surface area (Å²) in [6.45, 7) is -0.457. The van der Waals surface area contributed by atoms with E-state index in [4.69, 9.17) is 9.47 Å². The maximum absolute atomic E-state index is 14.6. The Morgan fingerprint density at radius 2 is 1.85 bits per heavy atom. The third-order valence-electron chi connectivity index (χ3n) is 6.38. The predicted octanol–water partition coefficient (Wildman–Crippen LogP) is 3.54. The molecule has 3 heterocycles. The summed E-state index contributed by atoms with van der Waals surface area (Å²) < 4.78 is 91.4. The summed E-state index contributed by atoms with van der Waals surface area (Å²) in [6, 6.07) is 3.36. The van der Waals surface area contributed by atoms with Crippen LogP contribution in [0.5, 0.6) is 5.75 Å². The lowest BCUT2D eigenvalue weighted by atomic mass is 9.82. The molecule has 2 bridgehead atoms. The minimum absolute atomic E-state index is 0.00520. The molecule has 0 radical (unpaired) electrons. The van der Waals surface area contributed by atoms with Gasteiger partial charge in [0.1, 0.15) is 11.6 Å². The number of carbonyl (C=O) groups excluding carboxylic acids is 1. The van der Waals surface area contributed by atoms with Gasteiger partial charge >= 0.3 is 15.5 Å². The molecule has 2 fully saturated rings. The summed E-state index contributed by atoms with van der Waals surface area (Å²) in [5.41, 5.74) is -5.38. The van der Waals surface area contributed by atoms with E-state index >= 15 is 0 Å². The van der Waals surface area contributed by atoms with Crippen molar-refractivity contribution in [2.75, 3.05) is 19.8 Å². The number of hydrogen-bond donors (Lipinski definition) is 0. The average molecular weight is 492 g/mol. The molecule has 33 heavy (non-hydrogen) atoms. The van der Waals surface area contributed by atoms with Gasteiger partial charge in [-0.05, 0) is 56.6 Å². The average Bonchev–Trinajstić information content (AvgIpc) is 2.77. The predicted molar refractivity (Wildman–Crippen MR) is 110 cm³/mol. The Morgan fingerprint density at radius 1 is 1.12 bits per heavy atom. The number of alkyl halides is 3. The number of sulfonamides is 1. The number of ether oxygens (including phenoxy) is 2. The van der Waals surface area contributed by atoms with Gasteiger partial charge in [0.05, 0.1) is 24.5 Å². The summed E-state index contributed by atoms with van der Waals surface area (Å²) in [5.74, 6) is -0.827. The second-order valence-electron chi connectivity index (χ2n) is 8.46. The van der Waals surface area contributed by atoms with E-state index in [2.05, 4.69) is 4.40 Å². The Labute approximate surface area is 188 Å². The van der Waals surface area contributed by atoms with E-state index in [1.807, 2.05) is 0 Å². The molecule has 0 aromatic heterocycles. The Balaban J connectivity index is 1.68. The molecule has 0 N–H and O–H groups in total. The Kier molecular flexibility index (Phi) is 6.68. The molecular formula is C21H24F4N2O5S. The SMILES string of the molecule is O=C1COc2cccc(F)c2C2CCC(CC2)OC[C@H]2/C(=N/S(=O)(=O)C(F)(F)F)CCCN12. The number of amides is 1. The van der Waals surface area contributed by atoms with Crippen LogP contribution in [0, 0.1) is 5.82 Å². The van der Waals surface area contributed by atoms with Crippen molar-refractivity contribution in [1.82, 2.24) is 4.90 Å². The fourth-order valence-electron chi connectivity index (χ4n) is 4.74. The number of halogens is 4. The number of nitrogens with zero attached hydrogens (tertiary/aromatic N) is 2. The summed E-state index contributed by atoms with van der Waals surface area (Å²) >= 11 is 0. The zero-order valence-corrected chi connectivity index (χ0v) is 18.5. The van der Waals surface area contributed by atoms with Crippen molar-refractivity contribution in [3.8, 4) is 5.75 Å². The van der Waals surface area contributed by atoms with Crippen LogP contribution in [-0.4, -0.2) is 62.3 Å². The maximum atomic E-state index is 14.6. The largest absolute Gasteiger partial charge is 0.518 e. The molecular weight excluding hydrogens is 468 g/mol. The number of rotatable bonds is 1. The monoisotopic (exact) mass is 492 g/mol. The molecule has 0 unspecified atom stereocenters. The lowest BCUT2D eigenvalue weighted by molar-refractivity contribution is -0.136. The van der Waals surface area contributed by atoms with Crippen LogP contribution in [0.2, 0.25) is 0 Å². The van der Waals surface area contributed by atoms with Gasteiger partial charge in [-0.1, -0.05) is 6.07 Å². The molecule has 5 rings (SSSR count). The van der Waals surface area contributed by atoms with Crippen molar-refractivity contribution in [2.45, 2.75) is 62.1 Å². The second kappa shape index (κ2) is 9.21. The molecule has 1 amide bonds. The van der Waals surface area contributed by atoms with Crippen molar-refractivity contribution in [1.29, 1.82) is 0 Å². The van der Waals surface area contributed by atoms with E-state index in [0.717, 1.165) is 0 Å². The standard InChI is InChI=1S/C21H24F4N2O5S/c22-15-3-1-5-18-20(15)13-6-8-14(9-7-13)31-11-17-16(26-33(29,30)21(23,24)25)4-2-10-27(17)19(28)12-32-18/h1,3,5,13-14,17H,2,4,6-12H2/b26-16+/t13?,14?,17-/m0/s1. The normalized spacial score (nSPS) is 28.2. The highest BCUT2D eigenvalue weighted by molar-refractivity contribution is 7.91. The first kappa shape index (κ1) is 23.9. The molecule has 1 aromatic carbocycles. The fourth-order valence-corrected chi connectivity index (χ4v) is 5.36. The van der Waals surface area contributed by atoms with Crippen LogP contribution in [0.3, 0.4) is 0 Å². The van der Waals surface area contributed by atoms with Crippen molar-refractivity contribution >= 4 is 21.6 Å². The summed E-state index contributed by atoms with van der Waals surface area (Å²) in [5, 5.41) is 0. The molecule has 7 nitrogen and oxygen atoms in total. The number of benzene rings is 1. The van der Waals surface area contributed by atoms with Crippen LogP contribution < -0.4 is 4.74 Å². The van der Waals surface area contributed by atoms with Crippen LogP contribution in [-0.2, 0) is 19.6 Å². The molecule has 0 spiro atoms. The van der Waals surface area contributed by atoms with Gasteiger partial charge in [-0.25, -0.2) is 4.39 Å². The third kappa shape index (κ3) is 5.01. The molecule has 1 atom stereocenters. The van der Waals surface area contributed by atoms with Crippen LogP contribution in [0.25, 0.3) is 0 Å². The topological polar surface area (TPSA) is 85.3 Å². The molecule has 4 aliphatic rings. The number of carbonyl (C=O) groups is 1. The molecule has 1 aliphatic carbocycles. The van der Waals surface area contributed by atoms with Crippen molar-refractivity contribution in [2.24, 2.45) is 4.40 Å². The minimum Gasteiger partial charge on any atom is -0.483 e.